The largest absolute Gasteiger partial charge is 0.465 e. The summed E-state index contributed by atoms with van der Waals surface area (Å²) in [6.45, 7) is 2.00. The van der Waals surface area contributed by atoms with Gasteiger partial charge in [-0.3, -0.25) is 9.59 Å². The highest BCUT2D eigenvalue weighted by molar-refractivity contribution is 8.00. The Morgan fingerprint density at radius 1 is 1.38 bits per heavy atom. The van der Waals surface area contributed by atoms with E-state index in [1.807, 2.05) is 0 Å². The average Bonchev–Trinajstić information content (AvgIpc) is 2.43. The average molecular weight is 351 g/mol. The van der Waals surface area contributed by atoms with Crippen molar-refractivity contribution in [2.75, 3.05) is 23.4 Å². The predicted octanol–water partition coefficient (Wildman–Crippen LogP) is 2.56. The number of carbonyl (C=O) groups is 2. The van der Waals surface area contributed by atoms with Gasteiger partial charge in [0.05, 0.1) is 22.4 Å². The van der Waals surface area contributed by atoms with Crippen molar-refractivity contribution in [1.29, 1.82) is 0 Å². The molecular formula is C13H16Cl2N2O3S. The van der Waals surface area contributed by atoms with Gasteiger partial charge < -0.3 is 15.8 Å². The highest BCUT2D eigenvalue weighted by atomic mass is 35.5. The first kappa shape index (κ1) is 18.1. The summed E-state index contributed by atoms with van der Waals surface area (Å²) in [6.07, 6.45) is 0. The number of hydrogen-bond acceptors (Lipinski definition) is 5. The van der Waals surface area contributed by atoms with E-state index < -0.39 is 12.0 Å². The fraction of sp³-hybridized carbons (Fsp3) is 0.385. The van der Waals surface area contributed by atoms with Crippen molar-refractivity contribution in [2.24, 2.45) is 5.73 Å². The first-order valence-corrected chi connectivity index (χ1v) is 8.10. The molecule has 0 aromatic heterocycles. The number of nitrogens with two attached hydrogens (primary N) is 1. The van der Waals surface area contributed by atoms with E-state index in [0.717, 1.165) is 0 Å². The Balaban J connectivity index is 2.34. The molecule has 1 aromatic carbocycles. The molecule has 0 radical (unpaired) electrons. The third-order valence-electron chi connectivity index (χ3n) is 2.32. The van der Waals surface area contributed by atoms with E-state index in [1.54, 1.807) is 25.1 Å². The molecule has 1 unspecified atom stereocenters. The summed E-state index contributed by atoms with van der Waals surface area (Å²) < 4.78 is 4.78. The molecule has 0 bridgehead atoms. The predicted molar refractivity (Wildman–Crippen MR) is 87.0 cm³/mol. The molecule has 1 aromatic rings. The number of amides is 1. The zero-order valence-electron chi connectivity index (χ0n) is 11.4. The van der Waals surface area contributed by atoms with E-state index in [4.69, 9.17) is 33.7 Å². The lowest BCUT2D eigenvalue weighted by molar-refractivity contribution is -0.144. The van der Waals surface area contributed by atoms with Crippen LogP contribution in [0.3, 0.4) is 0 Å². The number of halogens is 2. The van der Waals surface area contributed by atoms with Crippen LogP contribution in [0.1, 0.15) is 6.92 Å². The minimum absolute atomic E-state index is 0.174. The number of hydrogen-bond donors (Lipinski definition) is 2. The molecule has 0 aliphatic carbocycles. The molecule has 0 saturated carbocycles. The molecule has 1 atom stereocenters. The molecular weight excluding hydrogens is 335 g/mol. The molecule has 1 rings (SSSR count). The smallest absolute Gasteiger partial charge is 0.323 e. The van der Waals surface area contributed by atoms with Gasteiger partial charge in [0.25, 0.3) is 0 Å². The monoisotopic (exact) mass is 350 g/mol. The standard InChI is InChI=1S/C13H16Cl2N2O3S/c1-2-20-13(19)11(16)6-21-7-12(18)17-8-3-4-9(14)10(15)5-8/h3-5,11H,2,6-7,16H2,1H3,(H,17,18). The molecule has 3 N–H and O–H groups in total. The van der Waals surface area contributed by atoms with Gasteiger partial charge in [-0.1, -0.05) is 23.2 Å². The molecule has 0 heterocycles. The van der Waals surface area contributed by atoms with Crippen molar-refractivity contribution in [3.63, 3.8) is 0 Å². The van der Waals surface area contributed by atoms with E-state index in [0.29, 0.717) is 21.5 Å². The van der Waals surface area contributed by atoms with Crippen LogP contribution in [0.15, 0.2) is 18.2 Å². The number of ether oxygens (including phenoxy) is 1. The Hall–Kier alpha value is -0.950. The molecule has 21 heavy (non-hydrogen) atoms. The summed E-state index contributed by atoms with van der Waals surface area (Å²) in [4.78, 5) is 23.0. The van der Waals surface area contributed by atoms with Crippen LogP contribution in [0.4, 0.5) is 5.69 Å². The van der Waals surface area contributed by atoms with Crippen molar-refractivity contribution in [3.05, 3.63) is 28.2 Å². The normalized spacial score (nSPS) is 11.8. The maximum Gasteiger partial charge on any atom is 0.323 e. The number of benzene rings is 1. The Morgan fingerprint density at radius 3 is 2.71 bits per heavy atom. The topological polar surface area (TPSA) is 81.4 Å². The molecule has 5 nitrogen and oxygen atoms in total. The summed E-state index contributed by atoms with van der Waals surface area (Å²) in [6, 6.07) is 4.09. The Morgan fingerprint density at radius 2 is 2.10 bits per heavy atom. The lowest BCUT2D eigenvalue weighted by atomic mass is 10.3. The zero-order valence-corrected chi connectivity index (χ0v) is 13.7. The Labute approximate surface area is 137 Å². The summed E-state index contributed by atoms with van der Waals surface area (Å²) in [5, 5.41) is 3.47. The second-order valence-electron chi connectivity index (χ2n) is 4.05. The molecule has 0 saturated heterocycles. The van der Waals surface area contributed by atoms with Crippen LogP contribution in [-0.4, -0.2) is 36.0 Å². The number of anilines is 1. The van der Waals surface area contributed by atoms with Gasteiger partial charge in [0.1, 0.15) is 6.04 Å². The molecule has 0 spiro atoms. The number of nitrogens with one attached hydrogen (secondary N) is 1. The number of carbonyl (C=O) groups excluding carboxylic acids is 2. The van der Waals surface area contributed by atoms with Crippen LogP contribution in [0, 0.1) is 0 Å². The number of thioether (sulfide) groups is 1. The van der Waals surface area contributed by atoms with Crippen LogP contribution < -0.4 is 11.1 Å². The summed E-state index contributed by atoms with van der Waals surface area (Å²) in [5.74, 6) is -0.189. The maximum absolute atomic E-state index is 11.7. The van der Waals surface area contributed by atoms with E-state index in [-0.39, 0.29) is 18.3 Å². The second kappa shape index (κ2) is 9.15. The molecule has 116 valence electrons. The zero-order chi connectivity index (χ0) is 15.8. The second-order valence-corrected chi connectivity index (χ2v) is 5.90. The molecule has 8 heteroatoms. The summed E-state index contributed by atoms with van der Waals surface area (Å²) in [5.41, 5.74) is 6.18. The molecule has 0 aliphatic rings. The van der Waals surface area contributed by atoms with Gasteiger partial charge in [0.15, 0.2) is 0 Å². The lowest BCUT2D eigenvalue weighted by Crippen LogP contribution is -2.35. The van der Waals surface area contributed by atoms with Crippen molar-refractivity contribution >= 4 is 52.5 Å². The van der Waals surface area contributed by atoms with Crippen LogP contribution in [0.5, 0.6) is 0 Å². The van der Waals surface area contributed by atoms with Crippen molar-refractivity contribution in [1.82, 2.24) is 0 Å². The van der Waals surface area contributed by atoms with Gasteiger partial charge >= 0.3 is 5.97 Å². The quantitative estimate of drug-likeness (QED) is 0.738. The van der Waals surface area contributed by atoms with Gasteiger partial charge in [-0.25, -0.2) is 0 Å². The number of esters is 1. The summed E-state index contributed by atoms with van der Waals surface area (Å²) >= 11 is 12.9. The lowest BCUT2D eigenvalue weighted by Gasteiger charge is -2.10. The van der Waals surface area contributed by atoms with Gasteiger partial charge in [-0.05, 0) is 25.1 Å². The van der Waals surface area contributed by atoms with Gasteiger partial charge in [-0.15, -0.1) is 11.8 Å². The summed E-state index contributed by atoms with van der Waals surface area (Å²) in [7, 11) is 0. The first-order valence-electron chi connectivity index (χ1n) is 6.19. The van der Waals surface area contributed by atoms with Crippen LogP contribution >= 0.6 is 35.0 Å². The SMILES string of the molecule is CCOC(=O)C(N)CSCC(=O)Nc1ccc(Cl)c(Cl)c1. The maximum atomic E-state index is 11.7. The van der Waals surface area contributed by atoms with Crippen molar-refractivity contribution in [3.8, 4) is 0 Å². The van der Waals surface area contributed by atoms with Crippen LogP contribution in [0.25, 0.3) is 0 Å². The first-order chi connectivity index (χ1) is 9.93. The fourth-order valence-electron chi connectivity index (χ4n) is 1.37. The molecule has 1 amide bonds. The van der Waals surface area contributed by atoms with Crippen LogP contribution in [0.2, 0.25) is 10.0 Å². The van der Waals surface area contributed by atoms with Gasteiger partial charge in [-0.2, -0.15) is 0 Å². The van der Waals surface area contributed by atoms with Crippen LogP contribution in [-0.2, 0) is 14.3 Å². The highest BCUT2D eigenvalue weighted by Gasteiger charge is 2.15. The third kappa shape index (κ3) is 6.56. The number of rotatable bonds is 7. The fourth-order valence-corrected chi connectivity index (χ4v) is 2.43. The third-order valence-corrected chi connectivity index (χ3v) is 4.12. The minimum Gasteiger partial charge on any atom is -0.465 e. The van der Waals surface area contributed by atoms with E-state index >= 15 is 0 Å². The Bertz CT molecular complexity index is 514. The van der Waals surface area contributed by atoms with E-state index in [1.165, 1.54) is 11.8 Å². The van der Waals surface area contributed by atoms with Gasteiger partial charge in [0.2, 0.25) is 5.91 Å². The van der Waals surface area contributed by atoms with E-state index in [2.05, 4.69) is 5.32 Å². The highest BCUT2D eigenvalue weighted by Crippen LogP contribution is 2.25. The molecule has 0 fully saturated rings. The molecule has 0 aliphatic heterocycles. The van der Waals surface area contributed by atoms with Crippen molar-refractivity contribution < 1.29 is 14.3 Å². The van der Waals surface area contributed by atoms with Crippen molar-refractivity contribution in [2.45, 2.75) is 13.0 Å². The Kier molecular flexibility index (Phi) is 7.88. The van der Waals surface area contributed by atoms with Gasteiger partial charge in [0, 0.05) is 11.4 Å². The minimum atomic E-state index is -0.729. The van der Waals surface area contributed by atoms with E-state index in [9.17, 15) is 9.59 Å².